The highest BCUT2D eigenvalue weighted by Crippen LogP contribution is 2.07. The quantitative estimate of drug-likeness (QED) is 0.686. The van der Waals surface area contributed by atoms with Gasteiger partial charge in [0.2, 0.25) is 0 Å². The standard InChI is InChI=1S/C12H26N2O/c1-5-14-6-7-15-12(10-14)9-13(4)8-11(2)3/h11-12H,5-10H2,1-4H3/t12-/m1/s1. The van der Waals surface area contributed by atoms with Crippen LogP contribution in [0.1, 0.15) is 20.8 Å². The molecule has 1 fully saturated rings. The van der Waals surface area contributed by atoms with E-state index in [9.17, 15) is 0 Å². The van der Waals surface area contributed by atoms with E-state index in [1.54, 1.807) is 0 Å². The lowest BCUT2D eigenvalue weighted by Gasteiger charge is -2.34. The fourth-order valence-corrected chi connectivity index (χ4v) is 2.22. The Balaban J connectivity index is 2.25. The van der Waals surface area contributed by atoms with E-state index in [2.05, 4.69) is 37.6 Å². The van der Waals surface area contributed by atoms with Gasteiger partial charge in [-0.1, -0.05) is 20.8 Å². The van der Waals surface area contributed by atoms with Crippen molar-refractivity contribution in [1.29, 1.82) is 0 Å². The number of morpholine rings is 1. The Morgan fingerprint density at radius 1 is 1.47 bits per heavy atom. The van der Waals surface area contributed by atoms with E-state index in [0.717, 1.165) is 45.2 Å². The molecule has 3 heteroatoms. The van der Waals surface area contributed by atoms with E-state index in [0.29, 0.717) is 6.10 Å². The molecule has 3 nitrogen and oxygen atoms in total. The lowest BCUT2D eigenvalue weighted by Crippen LogP contribution is -2.47. The first-order valence-electron chi connectivity index (χ1n) is 6.14. The largest absolute Gasteiger partial charge is 0.374 e. The molecule has 0 N–H and O–H groups in total. The van der Waals surface area contributed by atoms with Crippen molar-refractivity contribution in [3.8, 4) is 0 Å². The molecule has 0 saturated carbocycles. The molecule has 0 amide bonds. The van der Waals surface area contributed by atoms with Gasteiger partial charge in [-0.2, -0.15) is 0 Å². The lowest BCUT2D eigenvalue weighted by molar-refractivity contribution is -0.0397. The van der Waals surface area contributed by atoms with E-state index in [4.69, 9.17) is 4.74 Å². The van der Waals surface area contributed by atoms with Crippen LogP contribution in [0.4, 0.5) is 0 Å². The SMILES string of the molecule is CCN1CCO[C@H](CN(C)CC(C)C)C1. The summed E-state index contributed by atoms with van der Waals surface area (Å²) in [6.07, 6.45) is 0.405. The molecule has 0 bridgehead atoms. The molecule has 1 aliphatic heterocycles. The summed E-state index contributed by atoms with van der Waals surface area (Å²) in [5.74, 6) is 0.737. The minimum Gasteiger partial charge on any atom is -0.374 e. The lowest BCUT2D eigenvalue weighted by atomic mass is 10.2. The zero-order valence-corrected chi connectivity index (χ0v) is 10.7. The van der Waals surface area contributed by atoms with Gasteiger partial charge < -0.3 is 9.64 Å². The second-order valence-electron chi connectivity index (χ2n) is 5.00. The van der Waals surface area contributed by atoms with Gasteiger partial charge in [0, 0.05) is 26.2 Å². The third-order valence-electron chi connectivity index (χ3n) is 2.86. The normalized spacial score (nSPS) is 24.0. The van der Waals surface area contributed by atoms with Crippen LogP contribution in [0.25, 0.3) is 0 Å². The molecule has 1 atom stereocenters. The Kier molecular flexibility index (Phi) is 5.58. The van der Waals surface area contributed by atoms with Gasteiger partial charge in [-0.3, -0.25) is 4.90 Å². The fourth-order valence-electron chi connectivity index (χ4n) is 2.22. The van der Waals surface area contributed by atoms with Crippen LogP contribution < -0.4 is 0 Å². The molecule has 0 aromatic heterocycles. The van der Waals surface area contributed by atoms with Crippen LogP contribution >= 0.6 is 0 Å². The Morgan fingerprint density at radius 2 is 2.20 bits per heavy atom. The van der Waals surface area contributed by atoms with Crippen LogP contribution in [0, 0.1) is 5.92 Å². The summed E-state index contributed by atoms with van der Waals surface area (Å²) in [6.45, 7) is 13.2. The number of likely N-dealkylation sites (N-methyl/N-ethyl adjacent to an activating group) is 2. The number of hydrogen-bond donors (Lipinski definition) is 0. The first-order chi connectivity index (χ1) is 7.11. The Labute approximate surface area is 94.4 Å². The summed E-state index contributed by atoms with van der Waals surface area (Å²) < 4.78 is 5.78. The summed E-state index contributed by atoms with van der Waals surface area (Å²) in [5.41, 5.74) is 0. The van der Waals surface area contributed by atoms with Crippen molar-refractivity contribution < 1.29 is 4.74 Å². The van der Waals surface area contributed by atoms with E-state index in [1.807, 2.05) is 0 Å². The molecular formula is C12H26N2O. The van der Waals surface area contributed by atoms with Crippen molar-refractivity contribution in [2.45, 2.75) is 26.9 Å². The third-order valence-corrected chi connectivity index (χ3v) is 2.86. The van der Waals surface area contributed by atoms with Gasteiger partial charge in [0.05, 0.1) is 12.7 Å². The molecular weight excluding hydrogens is 188 g/mol. The predicted molar refractivity (Wildman–Crippen MR) is 64.2 cm³/mol. The monoisotopic (exact) mass is 214 g/mol. The fraction of sp³-hybridized carbons (Fsp3) is 1.00. The molecule has 15 heavy (non-hydrogen) atoms. The van der Waals surface area contributed by atoms with Crippen LogP contribution in [0.2, 0.25) is 0 Å². The van der Waals surface area contributed by atoms with Gasteiger partial charge in [-0.15, -0.1) is 0 Å². The van der Waals surface area contributed by atoms with Gasteiger partial charge in [-0.05, 0) is 19.5 Å². The summed E-state index contributed by atoms with van der Waals surface area (Å²) in [5, 5.41) is 0. The summed E-state index contributed by atoms with van der Waals surface area (Å²) in [4.78, 5) is 4.85. The van der Waals surface area contributed by atoms with Gasteiger partial charge in [-0.25, -0.2) is 0 Å². The van der Waals surface area contributed by atoms with Crippen molar-refractivity contribution in [3.63, 3.8) is 0 Å². The molecule has 90 valence electrons. The molecule has 1 rings (SSSR count). The zero-order chi connectivity index (χ0) is 11.3. The average Bonchev–Trinajstić information content (AvgIpc) is 2.16. The minimum atomic E-state index is 0.405. The van der Waals surface area contributed by atoms with Crippen LogP contribution in [-0.2, 0) is 4.74 Å². The highest BCUT2D eigenvalue weighted by atomic mass is 16.5. The van der Waals surface area contributed by atoms with E-state index >= 15 is 0 Å². The van der Waals surface area contributed by atoms with Crippen molar-refractivity contribution in [2.24, 2.45) is 5.92 Å². The number of ether oxygens (including phenoxy) is 1. The maximum absolute atomic E-state index is 5.78. The molecule has 1 heterocycles. The predicted octanol–water partition coefficient (Wildman–Crippen LogP) is 1.29. The van der Waals surface area contributed by atoms with Crippen molar-refractivity contribution >= 4 is 0 Å². The summed E-state index contributed by atoms with van der Waals surface area (Å²) >= 11 is 0. The van der Waals surface area contributed by atoms with Crippen LogP contribution in [-0.4, -0.2) is 62.3 Å². The zero-order valence-electron chi connectivity index (χ0n) is 10.7. The van der Waals surface area contributed by atoms with E-state index in [-0.39, 0.29) is 0 Å². The van der Waals surface area contributed by atoms with Crippen LogP contribution in [0.3, 0.4) is 0 Å². The maximum atomic E-state index is 5.78. The molecule has 0 spiro atoms. The smallest absolute Gasteiger partial charge is 0.0829 e. The Hall–Kier alpha value is -0.120. The maximum Gasteiger partial charge on any atom is 0.0829 e. The average molecular weight is 214 g/mol. The minimum absolute atomic E-state index is 0.405. The van der Waals surface area contributed by atoms with Gasteiger partial charge in [0.1, 0.15) is 0 Å². The Bertz CT molecular complexity index is 173. The second kappa shape index (κ2) is 6.46. The van der Waals surface area contributed by atoms with Crippen LogP contribution in [0.15, 0.2) is 0 Å². The van der Waals surface area contributed by atoms with Gasteiger partial charge in [0.15, 0.2) is 0 Å². The topological polar surface area (TPSA) is 15.7 Å². The molecule has 0 radical (unpaired) electrons. The summed E-state index contributed by atoms with van der Waals surface area (Å²) in [6, 6.07) is 0. The second-order valence-corrected chi connectivity index (χ2v) is 5.00. The molecule has 0 aromatic carbocycles. The molecule has 1 saturated heterocycles. The first-order valence-corrected chi connectivity index (χ1v) is 6.14. The highest BCUT2D eigenvalue weighted by molar-refractivity contribution is 4.73. The van der Waals surface area contributed by atoms with Crippen molar-refractivity contribution in [2.75, 3.05) is 46.4 Å². The van der Waals surface area contributed by atoms with Crippen molar-refractivity contribution in [1.82, 2.24) is 9.80 Å². The number of rotatable bonds is 5. The molecule has 1 aliphatic rings. The van der Waals surface area contributed by atoms with Crippen molar-refractivity contribution in [3.05, 3.63) is 0 Å². The molecule has 0 aromatic rings. The van der Waals surface area contributed by atoms with Crippen LogP contribution in [0.5, 0.6) is 0 Å². The third kappa shape index (κ3) is 4.96. The highest BCUT2D eigenvalue weighted by Gasteiger charge is 2.20. The Morgan fingerprint density at radius 3 is 2.80 bits per heavy atom. The molecule has 0 unspecified atom stereocenters. The van der Waals surface area contributed by atoms with E-state index in [1.165, 1.54) is 0 Å². The molecule has 0 aliphatic carbocycles. The van der Waals surface area contributed by atoms with E-state index < -0.39 is 0 Å². The number of nitrogens with zero attached hydrogens (tertiary/aromatic N) is 2. The summed E-state index contributed by atoms with van der Waals surface area (Å²) in [7, 11) is 2.19. The van der Waals surface area contributed by atoms with Gasteiger partial charge in [0.25, 0.3) is 0 Å². The number of hydrogen-bond acceptors (Lipinski definition) is 3. The first kappa shape index (κ1) is 12.9. The van der Waals surface area contributed by atoms with Gasteiger partial charge >= 0.3 is 0 Å².